The van der Waals surface area contributed by atoms with E-state index in [2.05, 4.69) is 10.3 Å². The first-order valence-electron chi connectivity index (χ1n) is 8.96. The highest BCUT2D eigenvalue weighted by atomic mass is 32.1. The molecule has 0 saturated carbocycles. The molecule has 0 aliphatic heterocycles. The van der Waals surface area contributed by atoms with Crippen molar-refractivity contribution in [3.05, 3.63) is 53.4 Å². The van der Waals surface area contributed by atoms with Crippen molar-refractivity contribution >= 4 is 28.5 Å². The number of nitrogens with one attached hydrogen (secondary N) is 1. The smallest absolute Gasteiger partial charge is 0.250 e. The van der Waals surface area contributed by atoms with Crippen LogP contribution in [0.3, 0.4) is 0 Å². The Labute approximate surface area is 178 Å². The van der Waals surface area contributed by atoms with Gasteiger partial charge in [-0.05, 0) is 42.0 Å². The molecule has 3 aromatic rings. The normalized spacial score (nSPS) is 10.7. The fourth-order valence-electron chi connectivity index (χ4n) is 2.71. The number of rotatable bonds is 8. The molecular formula is C22H22N2O5S. The molecule has 30 heavy (non-hydrogen) atoms. The molecule has 0 atom stereocenters. The summed E-state index contributed by atoms with van der Waals surface area (Å²) < 4.78 is 21.2. The highest BCUT2D eigenvalue weighted by Crippen LogP contribution is 2.35. The first kappa shape index (κ1) is 21.2. The summed E-state index contributed by atoms with van der Waals surface area (Å²) in [6.07, 6.45) is 3.11. The Bertz CT molecular complexity index is 1040. The van der Waals surface area contributed by atoms with Gasteiger partial charge in [0.1, 0.15) is 23.0 Å². The monoisotopic (exact) mass is 426 g/mol. The third-order valence-corrected chi connectivity index (χ3v) is 4.98. The summed E-state index contributed by atoms with van der Waals surface area (Å²) in [5, 5.41) is 5.10. The minimum Gasteiger partial charge on any atom is -0.497 e. The number of hydrogen-bond donors (Lipinski definition) is 1. The Morgan fingerprint density at radius 1 is 0.933 bits per heavy atom. The van der Waals surface area contributed by atoms with Crippen molar-refractivity contribution in [1.29, 1.82) is 0 Å². The number of carbonyl (C=O) groups is 1. The van der Waals surface area contributed by atoms with Crippen LogP contribution in [-0.2, 0) is 4.79 Å². The molecule has 0 aliphatic carbocycles. The Balaban J connectivity index is 1.74. The van der Waals surface area contributed by atoms with Crippen molar-refractivity contribution in [3.8, 4) is 34.3 Å². The zero-order valence-electron chi connectivity index (χ0n) is 17.1. The molecule has 0 spiro atoms. The van der Waals surface area contributed by atoms with Crippen molar-refractivity contribution in [1.82, 2.24) is 4.98 Å². The van der Waals surface area contributed by atoms with Crippen LogP contribution in [0.2, 0.25) is 0 Å². The van der Waals surface area contributed by atoms with Crippen LogP contribution < -0.4 is 24.3 Å². The van der Waals surface area contributed by atoms with E-state index in [1.54, 1.807) is 40.6 Å². The predicted octanol–water partition coefficient (Wildman–Crippen LogP) is 4.50. The summed E-state index contributed by atoms with van der Waals surface area (Å²) in [5.41, 5.74) is 2.25. The number of methoxy groups -OCH3 is 4. The molecular weight excluding hydrogens is 404 g/mol. The molecule has 156 valence electrons. The number of anilines is 1. The minimum absolute atomic E-state index is 0.296. The molecule has 0 unspecified atom stereocenters. The maximum atomic E-state index is 12.3. The van der Waals surface area contributed by atoms with Gasteiger partial charge in [0.25, 0.3) is 0 Å². The summed E-state index contributed by atoms with van der Waals surface area (Å²) in [6.45, 7) is 0. The Morgan fingerprint density at radius 3 is 2.27 bits per heavy atom. The van der Waals surface area contributed by atoms with E-state index >= 15 is 0 Å². The maximum absolute atomic E-state index is 12.3. The molecule has 7 nitrogen and oxygen atoms in total. The van der Waals surface area contributed by atoms with Crippen LogP contribution >= 0.6 is 11.3 Å². The first-order valence-corrected chi connectivity index (χ1v) is 9.84. The number of carbonyl (C=O) groups excluding carboxylic acids is 1. The largest absolute Gasteiger partial charge is 0.497 e. The van der Waals surface area contributed by atoms with Crippen molar-refractivity contribution in [2.45, 2.75) is 0 Å². The molecule has 3 rings (SSSR count). The number of ether oxygens (including phenoxy) is 4. The number of nitrogens with zero attached hydrogens (tertiary/aromatic N) is 1. The summed E-state index contributed by atoms with van der Waals surface area (Å²) >= 11 is 1.33. The van der Waals surface area contributed by atoms with Gasteiger partial charge in [-0.1, -0.05) is 0 Å². The molecule has 0 fully saturated rings. The zero-order valence-corrected chi connectivity index (χ0v) is 17.9. The summed E-state index contributed by atoms with van der Waals surface area (Å²) in [4.78, 5) is 16.8. The molecule has 1 heterocycles. The van der Waals surface area contributed by atoms with Gasteiger partial charge in [-0.3, -0.25) is 10.1 Å². The van der Waals surface area contributed by atoms with Crippen LogP contribution in [0.25, 0.3) is 17.3 Å². The fourth-order valence-corrected chi connectivity index (χ4v) is 3.43. The van der Waals surface area contributed by atoms with Crippen LogP contribution in [0.4, 0.5) is 5.13 Å². The second-order valence-electron chi connectivity index (χ2n) is 6.07. The van der Waals surface area contributed by atoms with Gasteiger partial charge < -0.3 is 18.9 Å². The highest BCUT2D eigenvalue weighted by molar-refractivity contribution is 7.14. The lowest BCUT2D eigenvalue weighted by molar-refractivity contribution is -0.111. The standard InChI is InChI=1S/C22H22N2O5S/c1-26-15-6-7-20(29-4)18(12-15)19-13-30-22(23-19)24-21(25)8-5-14-9-16(27-2)11-17(10-14)28-3/h5-13H,1-4H3,(H,23,24,25)/b8-5+. The van der Waals surface area contributed by atoms with Gasteiger partial charge in [-0.25, -0.2) is 4.98 Å². The second-order valence-corrected chi connectivity index (χ2v) is 6.93. The van der Waals surface area contributed by atoms with Crippen LogP contribution in [0.5, 0.6) is 23.0 Å². The van der Waals surface area contributed by atoms with E-state index in [0.29, 0.717) is 33.8 Å². The predicted molar refractivity (Wildman–Crippen MR) is 118 cm³/mol. The molecule has 0 bridgehead atoms. The number of hydrogen-bond acceptors (Lipinski definition) is 7. The SMILES string of the molecule is COc1cc(/C=C/C(=O)Nc2nc(-c3cc(OC)ccc3OC)cs2)cc(OC)c1. The maximum Gasteiger partial charge on any atom is 0.250 e. The lowest BCUT2D eigenvalue weighted by atomic mass is 10.1. The number of thiazole rings is 1. The first-order chi connectivity index (χ1) is 14.6. The van der Waals surface area contributed by atoms with Crippen LogP contribution in [0.1, 0.15) is 5.56 Å². The Kier molecular flexibility index (Phi) is 6.92. The van der Waals surface area contributed by atoms with Crippen molar-refractivity contribution in [2.24, 2.45) is 0 Å². The van der Waals surface area contributed by atoms with Crippen molar-refractivity contribution in [3.63, 3.8) is 0 Å². The summed E-state index contributed by atoms with van der Waals surface area (Å²) in [6, 6.07) is 10.9. The lowest BCUT2D eigenvalue weighted by Crippen LogP contribution is -2.07. The minimum atomic E-state index is -0.296. The number of aromatic nitrogens is 1. The third-order valence-electron chi connectivity index (χ3n) is 4.22. The van der Waals surface area contributed by atoms with E-state index in [1.807, 2.05) is 35.7 Å². The molecule has 0 saturated heterocycles. The quantitative estimate of drug-likeness (QED) is 0.535. The highest BCUT2D eigenvalue weighted by Gasteiger charge is 2.12. The summed E-state index contributed by atoms with van der Waals surface area (Å²) in [7, 11) is 6.35. The molecule has 1 N–H and O–H groups in total. The van der Waals surface area contributed by atoms with Gasteiger partial charge in [-0.15, -0.1) is 11.3 Å². The van der Waals surface area contributed by atoms with E-state index in [1.165, 1.54) is 17.4 Å². The molecule has 2 aromatic carbocycles. The van der Waals surface area contributed by atoms with Gasteiger partial charge in [0.05, 0.1) is 34.1 Å². The average Bonchev–Trinajstić information content (AvgIpc) is 3.25. The van der Waals surface area contributed by atoms with Crippen molar-refractivity contribution in [2.75, 3.05) is 33.8 Å². The number of amides is 1. The Hall–Kier alpha value is -3.52. The van der Waals surface area contributed by atoms with Gasteiger partial charge in [0, 0.05) is 23.1 Å². The van der Waals surface area contributed by atoms with Crippen LogP contribution in [-0.4, -0.2) is 39.3 Å². The molecule has 1 aromatic heterocycles. The van der Waals surface area contributed by atoms with E-state index in [9.17, 15) is 4.79 Å². The molecule has 0 radical (unpaired) electrons. The van der Waals surface area contributed by atoms with Crippen LogP contribution in [0.15, 0.2) is 47.9 Å². The van der Waals surface area contributed by atoms with Gasteiger partial charge >= 0.3 is 0 Å². The van der Waals surface area contributed by atoms with Crippen molar-refractivity contribution < 1.29 is 23.7 Å². The third kappa shape index (κ3) is 5.09. The molecule has 8 heteroatoms. The van der Waals surface area contributed by atoms with E-state index < -0.39 is 0 Å². The topological polar surface area (TPSA) is 78.9 Å². The molecule has 1 amide bonds. The fraction of sp³-hybridized carbons (Fsp3) is 0.182. The van der Waals surface area contributed by atoms with Crippen LogP contribution in [0, 0.1) is 0 Å². The zero-order chi connectivity index (χ0) is 21.5. The molecule has 0 aliphatic rings. The Morgan fingerprint density at radius 2 is 1.63 bits per heavy atom. The summed E-state index contributed by atoms with van der Waals surface area (Å²) in [5.74, 6) is 2.36. The van der Waals surface area contributed by atoms with E-state index in [4.69, 9.17) is 18.9 Å². The van der Waals surface area contributed by atoms with E-state index in [-0.39, 0.29) is 5.91 Å². The van der Waals surface area contributed by atoms with E-state index in [0.717, 1.165) is 11.1 Å². The number of benzene rings is 2. The van der Waals surface area contributed by atoms with Gasteiger partial charge in [-0.2, -0.15) is 0 Å². The second kappa shape index (κ2) is 9.80. The van der Waals surface area contributed by atoms with Gasteiger partial charge in [0.2, 0.25) is 5.91 Å². The van der Waals surface area contributed by atoms with Gasteiger partial charge in [0.15, 0.2) is 5.13 Å². The average molecular weight is 426 g/mol. The lowest BCUT2D eigenvalue weighted by Gasteiger charge is -2.08.